The zero-order valence-electron chi connectivity index (χ0n) is 14.5. The van der Waals surface area contributed by atoms with Gasteiger partial charge in [0.1, 0.15) is 0 Å². The molecule has 0 amide bonds. The van der Waals surface area contributed by atoms with E-state index in [9.17, 15) is 0 Å². The van der Waals surface area contributed by atoms with Gasteiger partial charge >= 0.3 is 0 Å². The molecule has 1 aromatic carbocycles. The molecule has 0 fully saturated rings. The molecule has 1 aliphatic heterocycles. The minimum Gasteiger partial charge on any atom is -0.356 e. The van der Waals surface area contributed by atoms with E-state index in [4.69, 9.17) is 0 Å². The fourth-order valence-corrected chi connectivity index (χ4v) is 3.38. The summed E-state index contributed by atoms with van der Waals surface area (Å²) in [6.45, 7) is 4.38. The summed E-state index contributed by atoms with van der Waals surface area (Å²) in [6, 6.07) is 9.34. The van der Waals surface area contributed by atoms with Gasteiger partial charge in [0.25, 0.3) is 0 Å². The maximum atomic E-state index is 4.32. The second-order valence-electron chi connectivity index (χ2n) is 6.43. The molecule has 0 bridgehead atoms. The molecule has 2 N–H and O–H groups in total. The fourth-order valence-electron chi connectivity index (χ4n) is 3.38. The van der Waals surface area contributed by atoms with Crippen molar-refractivity contribution < 1.29 is 0 Å². The summed E-state index contributed by atoms with van der Waals surface area (Å²) in [4.78, 5) is 6.88. The van der Waals surface area contributed by atoms with Crippen molar-refractivity contribution in [2.24, 2.45) is 4.99 Å². The van der Waals surface area contributed by atoms with Crippen LogP contribution in [0.2, 0.25) is 0 Å². The summed E-state index contributed by atoms with van der Waals surface area (Å²) in [6.07, 6.45) is 9.01. The van der Waals surface area contributed by atoms with Crippen LogP contribution < -0.4 is 10.6 Å². The van der Waals surface area contributed by atoms with E-state index in [0.717, 1.165) is 44.9 Å². The quantitative estimate of drug-likeness (QED) is 0.243. The van der Waals surface area contributed by atoms with E-state index in [2.05, 4.69) is 56.9 Å². The Hall–Kier alpha value is -1.08. The molecule has 0 atom stereocenters. The van der Waals surface area contributed by atoms with Gasteiger partial charge in [-0.2, -0.15) is 0 Å². The molecule has 3 rings (SSSR count). The van der Waals surface area contributed by atoms with Crippen LogP contribution in [0.4, 0.5) is 0 Å². The van der Waals surface area contributed by atoms with Gasteiger partial charge < -0.3 is 10.6 Å². The molecule has 4 nitrogen and oxygen atoms in total. The van der Waals surface area contributed by atoms with Gasteiger partial charge in [-0.05, 0) is 36.8 Å². The Morgan fingerprint density at radius 1 is 1.21 bits per heavy atom. The number of benzene rings is 1. The van der Waals surface area contributed by atoms with Crippen LogP contribution in [0.5, 0.6) is 0 Å². The summed E-state index contributed by atoms with van der Waals surface area (Å²) in [5.41, 5.74) is 3.02. The summed E-state index contributed by atoms with van der Waals surface area (Å²) < 4.78 is 0. The average molecular weight is 440 g/mol. The number of rotatable bonds is 5. The molecular weight excluding hydrogens is 411 g/mol. The lowest BCUT2D eigenvalue weighted by atomic mass is 10.00. The van der Waals surface area contributed by atoms with Crippen molar-refractivity contribution in [3.8, 4) is 0 Å². The third-order valence-electron chi connectivity index (χ3n) is 4.73. The Bertz CT molecular complexity index is 562. The van der Waals surface area contributed by atoms with Crippen molar-refractivity contribution in [1.82, 2.24) is 15.5 Å². The first-order valence-corrected chi connectivity index (χ1v) is 8.76. The van der Waals surface area contributed by atoms with E-state index in [1.807, 2.05) is 7.05 Å². The van der Waals surface area contributed by atoms with Crippen LogP contribution in [0.1, 0.15) is 30.4 Å². The molecule has 2 aliphatic rings. The maximum Gasteiger partial charge on any atom is 0.191 e. The van der Waals surface area contributed by atoms with Gasteiger partial charge in [0, 0.05) is 39.3 Å². The van der Waals surface area contributed by atoms with Crippen molar-refractivity contribution in [3.63, 3.8) is 0 Å². The summed E-state index contributed by atoms with van der Waals surface area (Å²) in [5, 5.41) is 6.92. The summed E-state index contributed by atoms with van der Waals surface area (Å²) in [7, 11) is 1.85. The van der Waals surface area contributed by atoms with Crippen LogP contribution in [-0.4, -0.2) is 43.6 Å². The molecule has 1 aromatic rings. The van der Waals surface area contributed by atoms with Crippen molar-refractivity contribution >= 4 is 29.9 Å². The molecule has 0 saturated heterocycles. The molecule has 0 radical (unpaired) electrons. The molecule has 0 unspecified atom stereocenters. The lowest BCUT2D eigenvalue weighted by molar-refractivity contribution is 0.251. The van der Waals surface area contributed by atoms with E-state index in [0.29, 0.717) is 6.04 Å². The van der Waals surface area contributed by atoms with E-state index < -0.39 is 0 Å². The van der Waals surface area contributed by atoms with Gasteiger partial charge in [0.05, 0.1) is 0 Å². The number of halogens is 1. The van der Waals surface area contributed by atoms with Gasteiger partial charge in [-0.15, -0.1) is 24.0 Å². The van der Waals surface area contributed by atoms with Gasteiger partial charge in [0.2, 0.25) is 0 Å². The third kappa shape index (κ3) is 5.48. The minimum absolute atomic E-state index is 0. The van der Waals surface area contributed by atoms with Gasteiger partial charge in [-0.3, -0.25) is 9.89 Å². The number of hydrogen-bond donors (Lipinski definition) is 2. The van der Waals surface area contributed by atoms with Crippen LogP contribution in [0.15, 0.2) is 41.4 Å². The number of nitrogens with one attached hydrogen (secondary N) is 2. The first-order chi connectivity index (χ1) is 11.3. The van der Waals surface area contributed by atoms with Crippen molar-refractivity contribution in [2.75, 3.05) is 26.7 Å². The third-order valence-corrected chi connectivity index (χ3v) is 4.73. The Morgan fingerprint density at radius 2 is 1.96 bits per heavy atom. The average Bonchev–Trinajstić information content (AvgIpc) is 3.10. The highest BCUT2D eigenvalue weighted by atomic mass is 127. The maximum absolute atomic E-state index is 4.32. The van der Waals surface area contributed by atoms with Crippen molar-refractivity contribution in [2.45, 2.75) is 38.3 Å². The highest BCUT2D eigenvalue weighted by Gasteiger charge is 2.15. The van der Waals surface area contributed by atoms with Gasteiger partial charge in [0.15, 0.2) is 5.96 Å². The predicted molar refractivity (Wildman–Crippen MR) is 112 cm³/mol. The van der Waals surface area contributed by atoms with E-state index in [1.54, 1.807) is 0 Å². The molecule has 132 valence electrons. The minimum atomic E-state index is 0. The van der Waals surface area contributed by atoms with Gasteiger partial charge in [-0.1, -0.05) is 36.4 Å². The molecule has 1 aliphatic carbocycles. The zero-order valence-corrected chi connectivity index (χ0v) is 16.8. The van der Waals surface area contributed by atoms with Crippen LogP contribution in [0, 0.1) is 0 Å². The topological polar surface area (TPSA) is 39.7 Å². The number of aliphatic imine (C=N–C) groups is 1. The number of nitrogens with zero attached hydrogens (tertiary/aromatic N) is 2. The second-order valence-corrected chi connectivity index (χ2v) is 6.43. The van der Waals surface area contributed by atoms with E-state index in [1.165, 1.54) is 24.1 Å². The highest BCUT2D eigenvalue weighted by molar-refractivity contribution is 14.0. The number of fused-ring (bicyclic) bond motifs is 1. The lowest BCUT2D eigenvalue weighted by Gasteiger charge is -2.28. The fraction of sp³-hybridized carbons (Fsp3) is 0.526. The molecular formula is C19H29IN4. The first kappa shape index (κ1) is 19.2. The van der Waals surface area contributed by atoms with Crippen LogP contribution in [-0.2, 0) is 13.0 Å². The van der Waals surface area contributed by atoms with Crippen LogP contribution in [0.3, 0.4) is 0 Å². The lowest BCUT2D eigenvalue weighted by Crippen LogP contribution is -2.43. The zero-order chi connectivity index (χ0) is 15.9. The molecule has 24 heavy (non-hydrogen) atoms. The standard InChI is InChI=1S/C19H28N4.HI/c1-20-19(22-18-9-4-5-10-18)21-12-6-13-23-14-11-16-7-2-3-8-17(16)15-23;/h2-5,7-8,18H,6,9-15H2,1H3,(H2,20,21,22);1H. The van der Waals surface area contributed by atoms with Crippen LogP contribution >= 0.6 is 24.0 Å². The first-order valence-electron chi connectivity index (χ1n) is 8.76. The van der Waals surface area contributed by atoms with Crippen LogP contribution in [0.25, 0.3) is 0 Å². The molecule has 0 aromatic heterocycles. The largest absolute Gasteiger partial charge is 0.356 e. The predicted octanol–water partition coefficient (Wildman–Crippen LogP) is 2.94. The normalized spacial score (nSPS) is 18.1. The molecule has 5 heteroatoms. The monoisotopic (exact) mass is 440 g/mol. The molecule has 0 saturated carbocycles. The highest BCUT2D eigenvalue weighted by Crippen LogP contribution is 2.18. The summed E-state index contributed by atoms with van der Waals surface area (Å²) >= 11 is 0. The molecule has 1 heterocycles. The summed E-state index contributed by atoms with van der Waals surface area (Å²) in [5.74, 6) is 0.933. The Labute approximate surface area is 162 Å². The number of guanidine groups is 1. The Morgan fingerprint density at radius 3 is 2.71 bits per heavy atom. The Kier molecular flexibility index (Phi) is 8.05. The smallest absolute Gasteiger partial charge is 0.191 e. The van der Waals surface area contributed by atoms with E-state index in [-0.39, 0.29) is 24.0 Å². The van der Waals surface area contributed by atoms with E-state index >= 15 is 0 Å². The number of hydrogen-bond acceptors (Lipinski definition) is 2. The van der Waals surface area contributed by atoms with Crippen molar-refractivity contribution in [1.29, 1.82) is 0 Å². The second kappa shape index (κ2) is 10.0. The molecule has 0 spiro atoms. The Balaban J connectivity index is 0.00000208. The van der Waals surface area contributed by atoms with Crippen molar-refractivity contribution in [3.05, 3.63) is 47.5 Å². The van der Waals surface area contributed by atoms with Gasteiger partial charge in [-0.25, -0.2) is 0 Å². The SMILES string of the molecule is CN=C(NCCCN1CCc2ccccc2C1)NC1CC=CC1.I.